The number of benzene rings is 2. The molecule has 136 valence electrons. The van der Waals surface area contributed by atoms with E-state index in [1.807, 2.05) is 46.9 Å². The molecule has 1 aliphatic rings. The summed E-state index contributed by atoms with van der Waals surface area (Å²) in [5.74, 6) is 0. The number of aliphatic hydroxyl groups is 1. The first-order valence-corrected chi connectivity index (χ1v) is 9.12. The minimum absolute atomic E-state index is 0.280. The number of hydrogen-bond donors (Lipinski definition) is 1. The van der Waals surface area contributed by atoms with E-state index in [1.54, 1.807) is 18.5 Å². The molecule has 0 aliphatic carbocycles. The van der Waals surface area contributed by atoms with Crippen molar-refractivity contribution in [2.75, 3.05) is 0 Å². The van der Waals surface area contributed by atoms with Gasteiger partial charge in [0.15, 0.2) is 0 Å². The molecule has 0 saturated carbocycles. The predicted molar refractivity (Wildman–Crippen MR) is 103 cm³/mol. The van der Waals surface area contributed by atoms with Crippen LogP contribution in [0.5, 0.6) is 0 Å². The van der Waals surface area contributed by atoms with Crippen LogP contribution in [0.2, 0.25) is 5.02 Å². The summed E-state index contributed by atoms with van der Waals surface area (Å²) >= 11 is 6.13. The molecule has 0 fully saturated rings. The van der Waals surface area contributed by atoms with Gasteiger partial charge in [0.1, 0.15) is 6.23 Å². The smallest absolute Gasteiger partial charge is 0.133 e. The second-order valence-corrected chi connectivity index (χ2v) is 7.28. The van der Waals surface area contributed by atoms with Crippen molar-refractivity contribution in [1.82, 2.24) is 14.5 Å². The van der Waals surface area contributed by atoms with Crippen molar-refractivity contribution in [3.63, 3.8) is 0 Å². The van der Waals surface area contributed by atoms with Gasteiger partial charge in [-0.25, -0.2) is 4.98 Å². The quantitative estimate of drug-likeness (QED) is 0.755. The molecule has 2 unspecified atom stereocenters. The second-order valence-electron chi connectivity index (χ2n) is 6.87. The van der Waals surface area contributed by atoms with Crippen molar-refractivity contribution in [2.24, 2.45) is 0 Å². The first-order valence-electron chi connectivity index (χ1n) is 8.75. The van der Waals surface area contributed by atoms with Crippen LogP contribution in [0.25, 0.3) is 0 Å². The fourth-order valence-corrected chi connectivity index (χ4v) is 3.74. The normalized spacial score (nSPS) is 19.5. The summed E-state index contributed by atoms with van der Waals surface area (Å²) in [7, 11) is 0. The van der Waals surface area contributed by atoms with Crippen LogP contribution in [0.15, 0.2) is 55.0 Å². The number of nitrogens with zero attached hydrogens (tertiary/aromatic N) is 4. The highest BCUT2D eigenvalue weighted by atomic mass is 35.5. The topological polar surface area (TPSA) is 65.1 Å². The SMILES string of the molecule is Cc1cc(CN2Cc3cncn3C(c3ccc(C#N)cc3)C2O)ccc1Cl. The zero-order chi connectivity index (χ0) is 19.0. The average Bonchev–Trinajstić information content (AvgIpc) is 3.13. The molecule has 3 aromatic rings. The summed E-state index contributed by atoms with van der Waals surface area (Å²) in [4.78, 5) is 6.30. The Morgan fingerprint density at radius 3 is 2.74 bits per heavy atom. The first kappa shape index (κ1) is 17.7. The molecular weight excluding hydrogens is 360 g/mol. The highest BCUT2D eigenvalue weighted by molar-refractivity contribution is 6.31. The van der Waals surface area contributed by atoms with E-state index in [1.165, 1.54) is 0 Å². The minimum Gasteiger partial charge on any atom is -0.376 e. The maximum Gasteiger partial charge on any atom is 0.133 e. The zero-order valence-corrected chi connectivity index (χ0v) is 15.6. The fourth-order valence-electron chi connectivity index (χ4n) is 3.63. The molecule has 0 spiro atoms. The minimum atomic E-state index is -0.712. The first-order chi connectivity index (χ1) is 13.1. The fraction of sp³-hybridized carbons (Fsp3) is 0.238. The highest BCUT2D eigenvalue weighted by Crippen LogP contribution is 2.32. The summed E-state index contributed by atoms with van der Waals surface area (Å²) in [5, 5.41) is 20.9. The summed E-state index contributed by atoms with van der Waals surface area (Å²) < 4.78 is 2.01. The van der Waals surface area contributed by atoms with Crippen molar-refractivity contribution < 1.29 is 5.11 Å². The highest BCUT2D eigenvalue weighted by Gasteiger charge is 2.34. The van der Waals surface area contributed by atoms with Crippen molar-refractivity contribution in [3.05, 3.63) is 88.0 Å². The average molecular weight is 379 g/mol. The van der Waals surface area contributed by atoms with E-state index < -0.39 is 6.23 Å². The van der Waals surface area contributed by atoms with E-state index in [9.17, 15) is 5.11 Å². The van der Waals surface area contributed by atoms with Crippen molar-refractivity contribution in [3.8, 4) is 6.07 Å². The number of halogens is 1. The van der Waals surface area contributed by atoms with Gasteiger partial charge in [-0.15, -0.1) is 0 Å². The number of aromatic nitrogens is 2. The van der Waals surface area contributed by atoms with Gasteiger partial charge in [0.05, 0.1) is 29.7 Å². The number of aliphatic hydroxyl groups excluding tert-OH is 1. The number of aryl methyl sites for hydroxylation is 1. The van der Waals surface area contributed by atoms with Gasteiger partial charge >= 0.3 is 0 Å². The molecule has 0 saturated heterocycles. The molecule has 2 heterocycles. The van der Waals surface area contributed by atoms with Gasteiger partial charge in [-0.1, -0.05) is 35.9 Å². The molecule has 1 aromatic heterocycles. The number of nitriles is 1. The largest absolute Gasteiger partial charge is 0.376 e. The van der Waals surface area contributed by atoms with Crippen molar-refractivity contribution in [1.29, 1.82) is 5.26 Å². The van der Waals surface area contributed by atoms with Crippen LogP contribution in [-0.2, 0) is 13.1 Å². The van der Waals surface area contributed by atoms with Crippen LogP contribution in [0, 0.1) is 18.3 Å². The van der Waals surface area contributed by atoms with Gasteiger partial charge in [0.2, 0.25) is 0 Å². The third-order valence-corrected chi connectivity index (χ3v) is 5.48. The van der Waals surface area contributed by atoms with Crippen LogP contribution in [0.4, 0.5) is 0 Å². The number of fused-ring (bicyclic) bond motifs is 1. The summed E-state index contributed by atoms with van der Waals surface area (Å²) in [5.41, 5.74) is 4.71. The van der Waals surface area contributed by atoms with Crippen LogP contribution in [0.1, 0.15) is 34.0 Å². The van der Waals surface area contributed by atoms with E-state index in [4.69, 9.17) is 16.9 Å². The second kappa shape index (κ2) is 7.16. The molecular formula is C21H19ClN4O. The van der Waals surface area contributed by atoms with Crippen molar-refractivity contribution in [2.45, 2.75) is 32.3 Å². The molecule has 2 aromatic carbocycles. The van der Waals surface area contributed by atoms with Gasteiger partial charge in [0, 0.05) is 24.3 Å². The van der Waals surface area contributed by atoms with Gasteiger partial charge in [-0.05, 0) is 41.8 Å². The van der Waals surface area contributed by atoms with Crippen molar-refractivity contribution >= 4 is 11.6 Å². The lowest BCUT2D eigenvalue weighted by Crippen LogP contribution is -2.45. The Hall–Kier alpha value is -2.65. The molecule has 27 heavy (non-hydrogen) atoms. The Morgan fingerprint density at radius 2 is 2.04 bits per heavy atom. The number of rotatable bonds is 3. The van der Waals surface area contributed by atoms with Crippen LogP contribution in [-0.4, -0.2) is 25.8 Å². The molecule has 1 aliphatic heterocycles. The molecule has 0 radical (unpaired) electrons. The van der Waals surface area contributed by atoms with Gasteiger partial charge < -0.3 is 9.67 Å². The molecule has 6 heteroatoms. The molecule has 2 atom stereocenters. The van der Waals surface area contributed by atoms with Gasteiger partial charge in [0.25, 0.3) is 0 Å². The third kappa shape index (κ3) is 3.35. The summed E-state index contributed by atoms with van der Waals surface area (Å²) in [6.45, 7) is 3.19. The van der Waals surface area contributed by atoms with Crippen LogP contribution < -0.4 is 0 Å². The van der Waals surface area contributed by atoms with Gasteiger partial charge in [-0.3, -0.25) is 4.90 Å². The molecule has 5 nitrogen and oxygen atoms in total. The number of imidazole rings is 1. The van der Waals surface area contributed by atoms with E-state index in [-0.39, 0.29) is 6.04 Å². The molecule has 0 amide bonds. The Balaban J connectivity index is 1.67. The molecule has 0 bridgehead atoms. The maximum absolute atomic E-state index is 11.1. The summed E-state index contributed by atoms with van der Waals surface area (Å²) in [6, 6.07) is 15.1. The van der Waals surface area contributed by atoms with E-state index in [2.05, 4.69) is 17.1 Å². The van der Waals surface area contributed by atoms with Gasteiger partial charge in [-0.2, -0.15) is 5.26 Å². The monoisotopic (exact) mass is 378 g/mol. The summed E-state index contributed by atoms with van der Waals surface area (Å²) in [6.07, 6.45) is 2.88. The third-order valence-electron chi connectivity index (χ3n) is 5.06. The maximum atomic E-state index is 11.1. The molecule has 4 rings (SSSR count). The van der Waals surface area contributed by atoms with Crippen LogP contribution in [0.3, 0.4) is 0 Å². The Labute approximate surface area is 163 Å². The van der Waals surface area contributed by atoms with E-state index in [0.29, 0.717) is 18.7 Å². The van der Waals surface area contributed by atoms with E-state index in [0.717, 1.165) is 27.4 Å². The lowest BCUT2D eigenvalue weighted by Gasteiger charge is -2.39. The van der Waals surface area contributed by atoms with E-state index >= 15 is 0 Å². The Bertz CT molecular complexity index is 1010. The predicted octanol–water partition coefficient (Wildman–Crippen LogP) is 3.64. The lowest BCUT2D eigenvalue weighted by atomic mass is 9.99. The Morgan fingerprint density at radius 1 is 1.26 bits per heavy atom. The number of hydrogen-bond acceptors (Lipinski definition) is 4. The standard InChI is InChI=1S/C21H19ClN4O/c1-14-8-16(4-7-19(14)22)11-25-12-18-10-24-13-26(18)20(21(25)27)17-5-2-15(9-23)3-6-17/h2-8,10,13,20-21,27H,11-12H2,1H3. The Kier molecular flexibility index (Phi) is 4.71. The van der Waals surface area contributed by atoms with Crippen LogP contribution >= 0.6 is 11.6 Å². The zero-order valence-electron chi connectivity index (χ0n) is 14.9. The lowest BCUT2D eigenvalue weighted by molar-refractivity contribution is -0.0523. The molecule has 1 N–H and O–H groups in total.